The zero-order valence-electron chi connectivity index (χ0n) is 11.3. The van der Waals surface area contributed by atoms with Gasteiger partial charge < -0.3 is 9.84 Å². The van der Waals surface area contributed by atoms with Crippen LogP contribution < -0.4 is 0 Å². The van der Waals surface area contributed by atoms with E-state index in [0.717, 1.165) is 24.0 Å². The molecule has 0 saturated carbocycles. The van der Waals surface area contributed by atoms with Gasteiger partial charge in [-0.05, 0) is 51.0 Å². The van der Waals surface area contributed by atoms with Crippen LogP contribution in [0.3, 0.4) is 0 Å². The molecule has 1 aliphatic heterocycles. The summed E-state index contributed by atoms with van der Waals surface area (Å²) in [6, 6.07) is 7.76. The first-order valence-corrected chi connectivity index (χ1v) is 6.57. The van der Waals surface area contributed by atoms with Crippen LogP contribution in [0.4, 0.5) is 0 Å². The van der Waals surface area contributed by atoms with Crippen molar-refractivity contribution in [3.05, 3.63) is 35.4 Å². The fourth-order valence-corrected chi connectivity index (χ4v) is 2.03. The summed E-state index contributed by atoms with van der Waals surface area (Å²) >= 11 is 0. The summed E-state index contributed by atoms with van der Waals surface area (Å²) in [7, 11) is 0. The van der Waals surface area contributed by atoms with Crippen LogP contribution in [0, 0.1) is 23.7 Å². The fraction of sp³-hybridized carbons (Fsp3) is 0.412. The molecule has 1 fully saturated rings. The quantitative estimate of drug-likeness (QED) is 0.720. The molecule has 1 saturated heterocycles. The second kappa shape index (κ2) is 6.43. The first-order valence-electron chi connectivity index (χ1n) is 6.57. The Labute approximate surface area is 114 Å². The van der Waals surface area contributed by atoms with Crippen LogP contribution in [0.15, 0.2) is 24.3 Å². The van der Waals surface area contributed by atoms with E-state index in [-0.39, 0.29) is 12.2 Å². The van der Waals surface area contributed by atoms with Gasteiger partial charge in [0, 0.05) is 11.1 Å². The minimum absolute atomic E-state index is 0.171. The van der Waals surface area contributed by atoms with E-state index in [1.165, 1.54) is 0 Å². The molecule has 2 rings (SSSR count). The molecule has 1 aromatic carbocycles. The molecule has 2 nitrogen and oxygen atoms in total. The zero-order chi connectivity index (χ0) is 13.7. The summed E-state index contributed by atoms with van der Waals surface area (Å²) in [5, 5.41) is 9.83. The first kappa shape index (κ1) is 13.7. The molecule has 1 N–H and O–H groups in total. The third-order valence-corrected chi connectivity index (χ3v) is 3.11. The van der Waals surface area contributed by atoms with Crippen molar-refractivity contribution in [3.8, 4) is 23.7 Å². The molecular weight excluding hydrogens is 236 g/mol. The van der Waals surface area contributed by atoms with Gasteiger partial charge >= 0.3 is 0 Å². The predicted octanol–water partition coefficient (Wildman–Crippen LogP) is 2.34. The fourth-order valence-electron chi connectivity index (χ4n) is 2.03. The molecule has 2 heteroatoms. The number of rotatable bonds is 0. The number of aliphatic hydroxyl groups is 1. The predicted molar refractivity (Wildman–Crippen MR) is 75.4 cm³/mol. The van der Waals surface area contributed by atoms with Crippen LogP contribution in [-0.2, 0) is 4.74 Å². The lowest BCUT2D eigenvalue weighted by atomic mass is 10.0. The van der Waals surface area contributed by atoms with Crippen molar-refractivity contribution in [2.45, 2.75) is 45.0 Å². The molecule has 1 aromatic rings. The van der Waals surface area contributed by atoms with Crippen molar-refractivity contribution in [3.63, 3.8) is 0 Å². The summed E-state index contributed by atoms with van der Waals surface area (Å²) in [5.74, 6) is 11.9. The van der Waals surface area contributed by atoms with Crippen LogP contribution in [0.2, 0.25) is 0 Å². The Bertz CT molecular complexity index is 537. The van der Waals surface area contributed by atoms with E-state index in [4.69, 9.17) is 4.74 Å². The maximum Gasteiger partial charge on any atom is 0.144 e. The molecule has 0 spiro atoms. The van der Waals surface area contributed by atoms with Crippen LogP contribution in [0.25, 0.3) is 0 Å². The molecule has 3 unspecified atom stereocenters. The SMILES string of the molecule is CC#Cc1ccc(C#CC2OC(C)CCC2O)cc1. The van der Waals surface area contributed by atoms with Gasteiger partial charge in [-0.3, -0.25) is 0 Å². The highest BCUT2D eigenvalue weighted by Gasteiger charge is 2.25. The second-order valence-electron chi connectivity index (χ2n) is 4.73. The number of ether oxygens (including phenoxy) is 1. The van der Waals surface area contributed by atoms with Crippen molar-refractivity contribution in [2.24, 2.45) is 0 Å². The molecule has 19 heavy (non-hydrogen) atoms. The molecule has 0 radical (unpaired) electrons. The highest BCUT2D eigenvalue weighted by Crippen LogP contribution is 2.18. The largest absolute Gasteiger partial charge is 0.389 e. The van der Waals surface area contributed by atoms with Gasteiger partial charge in [-0.1, -0.05) is 17.8 Å². The Hall–Kier alpha value is -1.74. The van der Waals surface area contributed by atoms with Crippen molar-refractivity contribution in [1.82, 2.24) is 0 Å². The Morgan fingerprint density at radius 3 is 2.37 bits per heavy atom. The number of hydrogen-bond acceptors (Lipinski definition) is 2. The Balaban J connectivity index is 2.07. The third kappa shape index (κ3) is 3.86. The van der Waals surface area contributed by atoms with Gasteiger partial charge in [0.15, 0.2) is 0 Å². The number of benzene rings is 1. The lowest BCUT2D eigenvalue weighted by Gasteiger charge is -2.28. The topological polar surface area (TPSA) is 29.5 Å². The monoisotopic (exact) mass is 254 g/mol. The van der Waals surface area contributed by atoms with Crippen LogP contribution in [-0.4, -0.2) is 23.4 Å². The Kier molecular flexibility index (Phi) is 4.63. The lowest BCUT2D eigenvalue weighted by Crippen LogP contribution is -2.36. The van der Waals surface area contributed by atoms with Gasteiger partial charge in [0.1, 0.15) is 6.10 Å². The average Bonchev–Trinajstić information content (AvgIpc) is 2.42. The normalized spacial score (nSPS) is 25.7. The first-order chi connectivity index (χ1) is 9.19. The van der Waals surface area contributed by atoms with E-state index >= 15 is 0 Å². The smallest absolute Gasteiger partial charge is 0.144 e. The standard InChI is InChI=1S/C17H18O2/c1-3-4-14-6-8-15(9-7-14)10-12-17-16(18)11-5-13(2)19-17/h6-9,13,16-18H,5,11H2,1-2H3. The van der Waals surface area contributed by atoms with Gasteiger partial charge in [0.25, 0.3) is 0 Å². The van der Waals surface area contributed by atoms with E-state index < -0.39 is 6.10 Å². The lowest BCUT2D eigenvalue weighted by molar-refractivity contribution is -0.0827. The van der Waals surface area contributed by atoms with Crippen molar-refractivity contribution < 1.29 is 9.84 Å². The van der Waals surface area contributed by atoms with E-state index in [0.29, 0.717) is 0 Å². The molecular formula is C17H18O2. The minimum atomic E-state index is -0.478. The van der Waals surface area contributed by atoms with Crippen molar-refractivity contribution >= 4 is 0 Å². The van der Waals surface area contributed by atoms with E-state index in [1.807, 2.05) is 38.1 Å². The van der Waals surface area contributed by atoms with Crippen molar-refractivity contribution in [2.75, 3.05) is 0 Å². The molecule has 0 bridgehead atoms. The summed E-state index contributed by atoms with van der Waals surface area (Å²) in [6.45, 7) is 3.83. The maximum absolute atomic E-state index is 9.83. The van der Waals surface area contributed by atoms with E-state index in [1.54, 1.807) is 0 Å². The highest BCUT2D eigenvalue weighted by molar-refractivity contribution is 5.42. The summed E-state index contributed by atoms with van der Waals surface area (Å²) in [5.41, 5.74) is 1.89. The van der Waals surface area contributed by atoms with E-state index in [9.17, 15) is 5.11 Å². The second-order valence-corrected chi connectivity index (χ2v) is 4.73. The average molecular weight is 254 g/mol. The van der Waals surface area contributed by atoms with Gasteiger partial charge in [0.05, 0.1) is 12.2 Å². The summed E-state index contributed by atoms with van der Waals surface area (Å²) in [4.78, 5) is 0. The van der Waals surface area contributed by atoms with Crippen LogP contribution >= 0.6 is 0 Å². The molecule has 3 atom stereocenters. The number of hydrogen-bond donors (Lipinski definition) is 1. The van der Waals surface area contributed by atoms with Crippen molar-refractivity contribution in [1.29, 1.82) is 0 Å². The molecule has 0 amide bonds. The minimum Gasteiger partial charge on any atom is -0.389 e. The summed E-state index contributed by atoms with van der Waals surface area (Å²) in [6.07, 6.45) is 0.965. The van der Waals surface area contributed by atoms with Gasteiger partial charge in [-0.2, -0.15) is 0 Å². The highest BCUT2D eigenvalue weighted by atomic mass is 16.5. The zero-order valence-corrected chi connectivity index (χ0v) is 11.3. The molecule has 98 valence electrons. The maximum atomic E-state index is 9.83. The van der Waals surface area contributed by atoms with Gasteiger partial charge in [-0.25, -0.2) is 0 Å². The summed E-state index contributed by atoms with van der Waals surface area (Å²) < 4.78 is 5.64. The van der Waals surface area contributed by atoms with Crippen LogP contribution in [0.1, 0.15) is 37.8 Å². The molecule has 0 aromatic heterocycles. The van der Waals surface area contributed by atoms with Gasteiger partial charge in [0.2, 0.25) is 0 Å². The molecule has 1 heterocycles. The third-order valence-electron chi connectivity index (χ3n) is 3.11. The van der Waals surface area contributed by atoms with Gasteiger partial charge in [-0.15, -0.1) is 5.92 Å². The Morgan fingerprint density at radius 2 is 1.74 bits per heavy atom. The molecule has 0 aliphatic carbocycles. The molecule has 1 aliphatic rings. The Morgan fingerprint density at radius 1 is 1.11 bits per heavy atom. The van der Waals surface area contributed by atoms with Crippen LogP contribution in [0.5, 0.6) is 0 Å². The number of aliphatic hydroxyl groups excluding tert-OH is 1. The van der Waals surface area contributed by atoms with E-state index in [2.05, 4.69) is 23.7 Å².